The second-order valence-electron chi connectivity index (χ2n) is 8.84. The highest BCUT2D eigenvalue weighted by molar-refractivity contribution is 5.87. The summed E-state index contributed by atoms with van der Waals surface area (Å²) in [6.07, 6.45) is 5.42. The zero-order valence-corrected chi connectivity index (χ0v) is 19.4. The van der Waals surface area contributed by atoms with Gasteiger partial charge in [0.15, 0.2) is 5.60 Å². The van der Waals surface area contributed by atoms with E-state index >= 15 is 0 Å². The lowest BCUT2D eigenvalue weighted by atomic mass is 9.90. The van der Waals surface area contributed by atoms with Gasteiger partial charge in [0.1, 0.15) is 6.54 Å². The van der Waals surface area contributed by atoms with Crippen molar-refractivity contribution in [2.75, 3.05) is 33.8 Å². The van der Waals surface area contributed by atoms with Crippen LogP contribution in [-0.4, -0.2) is 70.6 Å². The van der Waals surface area contributed by atoms with Crippen LogP contribution in [0.4, 0.5) is 0 Å². The van der Waals surface area contributed by atoms with Crippen molar-refractivity contribution in [3.63, 3.8) is 0 Å². The summed E-state index contributed by atoms with van der Waals surface area (Å²) >= 11 is 0. The van der Waals surface area contributed by atoms with Crippen LogP contribution in [0.2, 0.25) is 0 Å². The lowest BCUT2D eigenvalue weighted by Gasteiger charge is -2.43. The molecule has 1 fully saturated rings. The summed E-state index contributed by atoms with van der Waals surface area (Å²) in [6.45, 7) is 3.27. The molecule has 172 valence electrons. The van der Waals surface area contributed by atoms with Crippen molar-refractivity contribution in [3.05, 3.63) is 78.4 Å². The Labute approximate surface area is 194 Å². The van der Waals surface area contributed by atoms with Gasteiger partial charge in [-0.25, -0.2) is 4.98 Å². The number of likely N-dealkylation sites (N-methyl/N-ethyl adjacent to an activating group) is 1. The van der Waals surface area contributed by atoms with Gasteiger partial charge in [0, 0.05) is 39.5 Å². The van der Waals surface area contributed by atoms with E-state index in [9.17, 15) is 9.59 Å². The number of aryl methyl sites for hydroxylation is 1. The van der Waals surface area contributed by atoms with Crippen molar-refractivity contribution >= 4 is 11.8 Å². The van der Waals surface area contributed by atoms with E-state index < -0.39 is 5.60 Å². The van der Waals surface area contributed by atoms with Crippen molar-refractivity contribution in [3.8, 4) is 11.1 Å². The Balaban J connectivity index is 1.55. The molecule has 7 heteroatoms. The molecule has 2 aromatic carbocycles. The van der Waals surface area contributed by atoms with Crippen molar-refractivity contribution in [2.24, 2.45) is 0 Å². The van der Waals surface area contributed by atoms with E-state index in [1.807, 2.05) is 12.1 Å². The third-order valence-corrected chi connectivity index (χ3v) is 6.01. The van der Waals surface area contributed by atoms with Crippen molar-refractivity contribution in [1.82, 2.24) is 19.4 Å². The zero-order valence-electron chi connectivity index (χ0n) is 19.4. The SMILES string of the molecule is Cc1cccc(-c2ccc(C[C@@]3(C(=O)N(C)C)CN(C(=O)Cn4ccnc4)CCO3)cc2)c1. The molecule has 1 atom stereocenters. The summed E-state index contributed by atoms with van der Waals surface area (Å²) in [5.41, 5.74) is 3.37. The number of aromatic nitrogens is 2. The number of imidazole rings is 1. The fourth-order valence-corrected chi connectivity index (χ4v) is 4.32. The molecule has 1 saturated heterocycles. The summed E-state index contributed by atoms with van der Waals surface area (Å²) in [5.74, 6) is -0.188. The third-order valence-electron chi connectivity index (χ3n) is 6.01. The summed E-state index contributed by atoms with van der Waals surface area (Å²) in [5, 5.41) is 0. The standard InChI is InChI=1S/C26H30N4O3/c1-20-5-4-6-23(15-20)22-9-7-21(8-10-22)16-26(25(32)28(2)3)18-30(13-14-33-26)24(31)17-29-12-11-27-19-29/h4-12,15,19H,13-14,16-18H2,1-3H3/t26-/m0/s1. The van der Waals surface area contributed by atoms with E-state index in [0.29, 0.717) is 19.6 Å². The number of hydrogen-bond donors (Lipinski definition) is 0. The largest absolute Gasteiger partial charge is 0.361 e. The first-order valence-corrected chi connectivity index (χ1v) is 11.1. The van der Waals surface area contributed by atoms with Gasteiger partial charge in [-0.05, 0) is 23.6 Å². The van der Waals surface area contributed by atoms with Crippen LogP contribution in [-0.2, 0) is 27.3 Å². The molecule has 0 radical (unpaired) electrons. The minimum Gasteiger partial charge on any atom is -0.361 e. The quantitative estimate of drug-likeness (QED) is 0.584. The topological polar surface area (TPSA) is 67.7 Å². The third kappa shape index (κ3) is 5.14. The van der Waals surface area contributed by atoms with E-state index in [1.54, 1.807) is 47.2 Å². The minimum atomic E-state index is -1.11. The molecule has 4 rings (SSSR count). The number of ether oxygens (including phenoxy) is 1. The molecule has 0 bridgehead atoms. The second-order valence-corrected chi connectivity index (χ2v) is 8.84. The maximum Gasteiger partial charge on any atom is 0.256 e. The highest BCUT2D eigenvalue weighted by Gasteiger charge is 2.45. The average Bonchev–Trinajstić information content (AvgIpc) is 3.32. The van der Waals surface area contributed by atoms with Crippen molar-refractivity contribution < 1.29 is 14.3 Å². The molecule has 0 spiro atoms. The molecule has 2 amide bonds. The van der Waals surface area contributed by atoms with Crippen LogP contribution in [0.15, 0.2) is 67.3 Å². The number of carbonyl (C=O) groups is 2. The van der Waals surface area contributed by atoms with E-state index in [0.717, 1.165) is 16.7 Å². The molecule has 1 aliphatic heterocycles. The zero-order chi connectivity index (χ0) is 23.4. The van der Waals surface area contributed by atoms with Crippen LogP contribution in [0.3, 0.4) is 0 Å². The van der Waals surface area contributed by atoms with Gasteiger partial charge in [-0.2, -0.15) is 0 Å². The van der Waals surface area contributed by atoms with Gasteiger partial charge in [0.05, 0.1) is 19.5 Å². The second kappa shape index (κ2) is 9.58. The van der Waals surface area contributed by atoms with Gasteiger partial charge >= 0.3 is 0 Å². The summed E-state index contributed by atoms with van der Waals surface area (Å²) in [4.78, 5) is 33.5. The summed E-state index contributed by atoms with van der Waals surface area (Å²) in [6, 6.07) is 16.6. The van der Waals surface area contributed by atoms with Crippen LogP contribution in [0.1, 0.15) is 11.1 Å². The Bertz CT molecular complexity index is 1110. The highest BCUT2D eigenvalue weighted by Crippen LogP contribution is 2.28. The van der Waals surface area contributed by atoms with Crippen molar-refractivity contribution in [1.29, 1.82) is 0 Å². The maximum atomic E-state index is 13.3. The van der Waals surface area contributed by atoms with Crippen LogP contribution in [0, 0.1) is 6.92 Å². The molecule has 2 heterocycles. The number of carbonyl (C=O) groups excluding carboxylic acids is 2. The Hall–Kier alpha value is -3.45. The molecular formula is C26H30N4O3. The molecule has 0 saturated carbocycles. The van der Waals surface area contributed by atoms with Gasteiger partial charge in [0.2, 0.25) is 5.91 Å². The lowest BCUT2D eigenvalue weighted by molar-refractivity contribution is -0.172. The maximum absolute atomic E-state index is 13.3. The average molecular weight is 447 g/mol. The van der Waals surface area contributed by atoms with Crippen LogP contribution in [0.5, 0.6) is 0 Å². The molecule has 0 unspecified atom stereocenters. The molecule has 0 N–H and O–H groups in total. The fraction of sp³-hybridized carbons (Fsp3) is 0.346. The number of benzene rings is 2. The molecular weight excluding hydrogens is 416 g/mol. The molecule has 33 heavy (non-hydrogen) atoms. The summed E-state index contributed by atoms with van der Waals surface area (Å²) < 4.78 is 7.87. The monoisotopic (exact) mass is 446 g/mol. The summed E-state index contributed by atoms with van der Waals surface area (Å²) in [7, 11) is 3.45. The normalized spacial score (nSPS) is 18.2. The van der Waals surface area contributed by atoms with Crippen LogP contribution in [0.25, 0.3) is 11.1 Å². The Kier molecular flexibility index (Phi) is 6.60. The van der Waals surface area contributed by atoms with E-state index in [2.05, 4.69) is 48.3 Å². The van der Waals surface area contributed by atoms with Gasteiger partial charge in [0.25, 0.3) is 5.91 Å². The predicted molar refractivity (Wildman–Crippen MR) is 127 cm³/mol. The Morgan fingerprint density at radius 3 is 2.58 bits per heavy atom. The molecule has 7 nitrogen and oxygen atoms in total. The first kappa shape index (κ1) is 22.7. The smallest absolute Gasteiger partial charge is 0.256 e. The fourth-order valence-electron chi connectivity index (χ4n) is 4.32. The molecule has 0 aliphatic carbocycles. The Morgan fingerprint density at radius 1 is 1.12 bits per heavy atom. The number of rotatable bonds is 6. The van der Waals surface area contributed by atoms with Crippen LogP contribution >= 0.6 is 0 Å². The van der Waals surface area contributed by atoms with Gasteiger partial charge < -0.3 is 19.1 Å². The Morgan fingerprint density at radius 2 is 1.91 bits per heavy atom. The number of nitrogens with zero attached hydrogens (tertiary/aromatic N) is 4. The number of morpholine rings is 1. The predicted octanol–water partition coefficient (Wildman–Crippen LogP) is 2.79. The molecule has 3 aromatic rings. The lowest BCUT2D eigenvalue weighted by Crippen LogP contribution is -2.62. The molecule has 1 aliphatic rings. The van der Waals surface area contributed by atoms with Gasteiger partial charge in [-0.1, -0.05) is 54.1 Å². The number of hydrogen-bond acceptors (Lipinski definition) is 4. The highest BCUT2D eigenvalue weighted by atomic mass is 16.5. The van der Waals surface area contributed by atoms with Gasteiger partial charge in [-0.3, -0.25) is 9.59 Å². The minimum absolute atomic E-state index is 0.0537. The van der Waals surface area contributed by atoms with E-state index in [1.165, 1.54) is 5.56 Å². The first-order chi connectivity index (χ1) is 15.9. The van der Waals surface area contributed by atoms with Crippen LogP contribution < -0.4 is 0 Å². The molecule has 1 aromatic heterocycles. The van der Waals surface area contributed by atoms with E-state index in [4.69, 9.17) is 4.74 Å². The van der Waals surface area contributed by atoms with Gasteiger partial charge in [-0.15, -0.1) is 0 Å². The number of amides is 2. The first-order valence-electron chi connectivity index (χ1n) is 11.1. The van der Waals surface area contributed by atoms with Crippen molar-refractivity contribution in [2.45, 2.75) is 25.5 Å². The van der Waals surface area contributed by atoms with E-state index in [-0.39, 0.29) is 24.9 Å².